The summed E-state index contributed by atoms with van der Waals surface area (Å²) in [6, 6.07) is 2.55. The Morgan fingerprint density at radius 3 is 3.00 bits per heavy atom. The van der Waals surface area contributed by atoms with Gasteiger partial charge in [-0.3, -0.25) is 4.90 Å². The maximum Gasteiger partial charge on any atom is 0.119 e. The van der Waals surface area contributed by atoms with Gasteiger partial charge in [-0.15, -0.1) is 0 Å². The standard InChI is InChI=1S/C10H17N3S/c11-8-10(2-7-14-9-10)13-5-1-3-12-4-6-13/h12H,1-7,9H2. The Labute approximate surface area is 89.8 Å². The number of nitriles is 1. The minimum absolute atomic E-state index is 0.142. The zero-order chi connectivity index (χ0) is 9.86. The van der Waals surface area contributed by atoms with E-state index in [-0.39, 0.29) is 5.54 Å². The van der Waals surface area contributed by atoms with E-state index >= 15 is 0 Å². The molecule has 0 amide bonds. The van der Waals surface area contributed by atoms with Crippen molar-refractivity contribution in [1.82, 2.24) is 10.2 Å². The Balaban J connectivity index is 2.06. The van der Waals surface area contributed by atoms with Crippen LogP contribution in [0.5, 0.6) is 0 Å². The summed E-state index contributed by atoms with van der Waals surface area (Å²) in [5.74, 6) is 2.15. The van der Waals surface area contributed by atoms with Crippen LogP contribution in [-0.4, -0.2) is 48.1 Å². The molecule has 0 aromatic rings. The van der Waals surface area contributed by atoms with Crippen molar-refractivity contribution >= 4 is 11.8 Å². The van der Waals surface area contributed by atoms with Gasteiger partial charge in [0.15, 0.2) is 0 Å². The molecule has 2 aliphatic heterocycles. The van der Waals surface area contributed by atoms with Gasteiger partial charge in [-0.2, -0.15) is 17.0 Å². The van der Waals surface area contributed by atoms with Gasteiger partial charge in [0.2, 0.25) is 0 Å². The summed E-state index contributed by atoms with van der Waals surface area (Å²) in [5, 5.41) is 12.7. The molecule has 2 aliphatic rings. The molecule has 2 saturated heterocycles. The molecule has 14 heavy (non-hydrogen) atoms. The van der Waals surface area contributed by atoms with E-state index in [4.69, 9.17) is 0 Å². The third-order valence-corrected chi connectivity index (χ3v) is 4.33. The molecule has 4 heteroatoms. The molecule has 0 bridgehead atoms. The van der Waals surface area contributed by atoms with Crippen molar-refractivity contribution in [3.8, 4) is 6.07 Å². The van der Waals surface area contributed by atoms with E-state index in [2.05, 4.69) is 16.3 Å². The molecule has 1 atom stereocenters. The quantitative estimate of drug-likeness (QED) is 0.692. The predicted octanol–water partition coefficient (Wildman–Crippen LogP) is 0.681. The normalized spacial score (nSPS) is 35.1. The minimum Gasteiger partial charge on any atom is -0.315 e. The van der Waals surface area contributed by atoms with Gasteiger partial charge in [0.1, 0.15) is 5.54 Å². The molecule has 0 aromatic heterocycles. The van der Waals surface area contributed by atoms with Crippen molar-refractivity contribution in [1.29, 1.82) is 5.26 Å². The monoisotopic (exact) mass is 211 g/mol. The topological polar surface area (TPSA) is 39.1 Å². The van der Waals surface area contributed by atoms with Gasteiger partial charge in [0.05, 0.1) is 6.07 Å². The van der Waals surface area contributed by atoms with Crippen LogP contribution in [0.1, 0.15) is 12.8 Å². The lowest BCUT2D eigenvalue weighted by Gasteiger charge is -2.34. The first-order valence-electron chi connectivity index (χ1n) is 5.32. The summed E-state index contributed by atoms with van der Waals surface area (Å²) in [6.45, 7) is 4.26. The average Bonchev–Trinajstić information content (AvgIpc) is 2.54. The maximum absolute atomic E-state index is 9.34. The van der Waals surface area contributed by atoms with Gasteiger partial charge in [0, 0.05) is 25.4 Å². The Hall–Kier alpha value is -0.240. The van der Waals surface area contributed by atoms with Gasteiger partial charge in [0.25, 0.3) is 0 Å². The highest BCUT2D eigenvalue weighted by Crippen LogP contribution is 2.33. The first-order chi connectivity index (χ1) is 6.87. The highest BCUT2D eigenvalue weighted by atomic mass is 32.2. The van der Waals surface area contributed by atoms with Gasteiger partial charge >= 0.3 is 0 Å². The minimum atomic E-state index is -0.142. The Morgan fingerprint density at radius 1 is 1.36 bits per heavy atom. The van der Waals surface area contributed by atoms with Crippen molar-refractivity contribution in [2.75, 3.05) is 37.7 Å². The molecular formula is C10H17N3S. The van der Waals surface area contributed by atoms with Crippen molar-refractivity contribution in [2.24, 2.45) is 0 Å². The molecule has 2 fully saturated rings. The van der Waals surface area contributed by atoms with E-state index < -0.39 is 0 Å². The molecule has 2 heterocycles. The average molecular weight is 211 g/mol. The Morgan fingerprint density at radius 2 is 2.29 bits per heavy atom. The fourth-order valence-corrected chi connectivity index (χ4v) is 3.59. The first kappa shape index (κ1) is 10.3. The van der Waals surface area contributed by atoms with Crippen LogP contribution >= 0.6 is 11.8 Å². The second-order valence-electron chi connectivity index (χ2n) is 4.04. The number of thioether (sulfide) groups is 1. The lowest BCUT2D eigenvalue weighted by Crippen LogP contribution is -2.49. The van der Waals surface area contributed by atoms with Crippen molar-refractivity contribution in [2.45, 2.75) is 18.4 Å². The van der Waals surface area contributed by atoms with Crippen LogP contribution in [0.25, 0.3) is 0 Å². The molecule has 0 aromatic carbocycles. The van der Waals surface area contributed by atoms with Crippen LogP contribution in [-0.2, 0) is 0 Å². The third kappa shape index (κ3) is 1.90. The van der Waals surface area contributed by atoms with E-state index in [0.717, 1.165) is 44.1 Å². The highest BCUT2D eigenvalue weighted by molar-refractivity contribution is 7.99. The molecule has 0 spiro atoms. The molecule has 0 radical (unpaired) electrons. The summed E-state index contributed by atoms with van der Waals surface area (Å²) in [7, 11) is 0. The summed E-state index contributed by atoms with van der Waals surface area (Å²) < 4.78 is 0. The van der Waals surface area contributed by atoms with E-state index in [0.29, 0.717) is 0 Å². The zero-order valence-corrected chi connectivity index (χ0v) is 9.28. The molecule has 2 rings (SSSR count). The number of hydrogen-bond donors (Lipinski definition) is 1. The second-order valence-corrected chi connectivity index (χ2v) is 5.14. The summed E-state index contributed by atoms with van der Waals surface area (Å²) in [4.78, 5) is 2.40. The lowest BCUT2D eigenvalue weighted by molar-refractivity contribution is 0.169. The van der Waals surface area contributed by atoms with Gasteiger partial charge in [-0.25, -0.2) is 0 Å². The van der Waals surface area contributed by atoms with Gasteiger partial charge in [-0.1, -0.05) is 0 Å². The Kier molecular flexibility index (Phi) is 3.32. The molecular weight excluding hydrogens is 194 g/mol. The van der Waals surface area contributed by atoms with Crippen molar-refractivity contribution in [3.63, 3.8) is 0 Å². The summed E-state index contributed by atoms with van der Waals surface area (Å²) in [5.41, 5.74) is -0.142. The van der Waals surface area contributed by atoms with Gasteiger partial charge in [-0.05, 0) is 25.1 Å². The summed E-state index contributed by atoms with van der Waals surface area (Å²) >= 11 is 1.92. The molecule has 78 valence electrons. The van der Waals surface area contributed by atoms with E-state index in [1.807, 2.05) is 11.8 Å². The van der Waals surface area contributed by atoms with Crippen LogP contribution < -0.4 is 5.32 Å². The second kappa shape index (κ2) is 4.52. The van der Waals surface area contributed by atoms with Crippen molar-refractivity contribution < 1.29 is 0 Å². The summed E-state index contributed by atoms with van der Waals surface area (Å²) in [6.07, 6.45) is 2.22. The van der Waals surface area contributed by atoms with E-state index in [1.165, 1.54) is 6.42 Å². The van der Waals surface area contributed by atoms with E-state index in [9.17, 15) is 5.26 Å². The Bertz CT molecular complexity index is 222. The zero-order valence-electron chi connectivity index (χ0n) is 8.46. The third-order valence-electron chi connectivity index (χ3n) is 3.15. The molecule has 0 aliphatic carbocycles. The van der Waals surface area contributed by atoms with Crippen LogP contribution in [0.2, 0.25) is 0 Å². The number of rotatable bonds is 1. The van der Waals surface area contributed by atoms with Crippen molar-refractivity contribution in [3.05, 3.63) is 0 Å². The van der Waals surface area contributed by atoms with Crippen LogP contribution in [0, 0.1) is 11.3 Å². The van der Waals surface area contributed by atoms with Crippen LogP contribution in [0.4, 0.5) is 0 Å². The first-order valence-corrected chi connectivity index (χ1v) is 6.48. The molecule has 1 unspecified atom stereocenters. The number of hydrogen-bond acceptors (Lipinski definition) is 4. The molecule has 3 nitrogen and oxygen atoms in total. The fraction of sp³-hybridized carbons (Fsp3) is 0.900. The van der Waals surface area contributed by atoms with Gasteiger partial charge < -0.3 is 5.32 Å². The number of nitrogens with one attached hydrogen (secondary N) is 1. The highest BCUT2D eigenvalue weighted by Gasteiger charge is 2.40. The van der Waals surface area contributed by atoms with Crippen LogP contribution in [0.15, 0.2) is 0 Å². The largest absolute Gasteiger partial charge is 0.315 e. The number of nitrogens with zero attached hydrogens (tertiary/aromatic N) is 2. The molecule has 1 N–H and O–H groups in total. The SMILES string of the molecule is N#CC1(N2CCCNCC2)CCSC1. The fourth-order valence-electron chi connectivity index (χ4n) is 2.24. The lowest BCUT2D eigenvalue weighted by atomic mass is 9.98. The molecule has 0 saturated carbocycles. The smallest absolute Gasteiger partial charge is 0.119 e. The van der Waals surface area contributed by atoms with E-state index in [1.54, 1.807) is 0 Å². The predicted molar refractivity (Wildman–Crippen MR) is 59.3 cm³/mol. The van der Waals surface area contributed by atoms with Crippen LogP contribution in [0.3, 0.4) is 0 Å². The maximum atomic E-state index is 9.34.